The molecule has 1 aromatic rings. The summed E-state index contributed by atoms with van der Waals surface area (Å²) in [6.45, 7) is 5.54. The van der Waals surface area contributed by atoms with Crippen molar-refractivity contribution in [1.29, 1.82) is 0 Å². The minimum Gasteiger partial charge on any atom is -0.480 e. The predicted molar refractivity (Wildman–Crippen MR) is 76.0 cm³/mol. The van der Waals surface area contributed by atoms with Gasteiger partial charge in [0.1, 0.15) is 5.75 Å². The summed E-state index contributed by atoms with van der Waals surface area (Å²) in [6.07, 6.45) is 0. The fourth-order valence-electron chi connectivity index (χ4n) is 1.52. The maximum Gasteiger partial charge on any atom is 0.341 e. The fourth-order valence-corrected chi connectivity index (χ4v) is 1.52. The Balaban J connectivity index is 2.73. The molecule has 0 heterocycles. The van der Waals surface area contributed by atoms with Gasteiger partial charge in [0, 0.05) is 13.6 Å². The van der Waals surface area contributed by atoms with Crippen LogP contribution in [0.15, 0.2) is 36.4 Å². The summed E-state index contributed by atoms with van der Waals surface area (Å²) in [5.74, 6) is -0.766. The van der Waals surface area contributed by atoms with Crippen molar-refractivity contribution in [2.24, 2.45) is 0 Å². The summed E-state index contributed by atoms with van der Waals surface area (Å²) in [7, 11) is 1.64. The lowest BCUT2D eigenvalue weighted by molar-refractivity contribution is -0.139. The van der Waals surface area contributed by atoms with Crippen molar-refractivity contribution < 1.29 is 19.4 Å². The molecule has 20 heavy (non-hydrogen) atoms. The first-order valence-electron chi connectivity index (χ1n) is 6.00. The highest BCUT2D eigenvalue weighted by Crippen LogP contribution is 2.23. The van der Waals surface area contributed by atoms with E-state index in [9.17, 15) is 9.59 Å². The number of carbonyl (C=O) groups is 2. The van der Waals surface area contributed by atoms with Gasteiger partial charge in [0.15, 0.2) is 6.61 Å². The summed E-state index contributed by atoms with van der Waals surface area (Å²) >= 11 is 0. The Labute approximate surface area is 117 Å². The van der Waals surface area contributed by atoms with E-state index in [1.807, 2.05) is 6.92 Å². The number of carboxylic acid groups (broad SMARTS) is 1. The molecule has 0 saturated heterocycles. The van der Waals surface area contributed by atoms with Gasteiger partial charge >= 0.3 is 12.0 Å². The number of hydrogen-bond donors (Lipinski definition) is 2. The normalized spacial score (nSPS) is 9.70. The van der Waals surface area contributed by atoms with Crippen LogP contribution < -0.4 is 10.1 Å². The van der Waals surface area contributed by atoms with E-state index >= 15 is 0 Å². The summed E-state index contributed by atoms with van der Waals surface area (Å²) in [4.78, 5) is 23.9. The number of nitrogens with zero attached hydrogens (tertiary/aromatic N) is 1. The highest BCUT2D eigenvalue weighted by atomic mass is 16.5. The molecule has 0 aliphatic carbocycles. The lowest BCUT2D eigenvalue weighted by atomic mass is 10.3. The van der Waals surface area contributed by atoms with E-state index in [2.05, 4.69) is 11.9 Å². The van der Waals surface area contributed by atoms with E-state index in [0.29, 0.717) is 18.0 Å². The number of para-hydroxylation sites is 2. The third kappa shape index (κ3) is 5.01. The van der Waals surface area contributed by atoms with Crippen LogP contribution in [0.3, 0.4) is 0 Å². The van der Waals surface area contributed by atoms with Crippen molar-refractivity contribution in [3.8, 4) is 5.75 Å². The van der Waals surface area contributed by atoms with Gasteiger partial charge < -0.3 is 20.1 Å². The molecule has 0 aliphatic heterocycles. The molecule has 108 valence electrons. The maximum absolute atomic E-state index is 11.9. The van der Waals surface area contributed by atoms with Gasteiger partial charge in [-0.25, -0.2) is 9.59 Å². The first kappa shape index (κ1) is 15.6. The van der Waals surface area contributed by atoms with Gasteiger partial charge in [-0.05, 0) is 19.1 Å². The van der Waals surface area contributed by atoms with E-state index in [-0.39, 0.29) is 6.03 Å². The average Bonchev–Trinajstić information content (AvgIpc) is 2.36. The highest BCUT2D eigenvalue weighted by molar-refractivity contribution is 5.91. The first-order chi connectivity index (χ1) is 9.40. The van der Waals surface area contributed by atoms with E-state index in [4.69, 9.17) is 9.84 Å². The lowest BCUT2D eigenvalue weighted by Crippen LogP contribution is -2.32. The summed E-state index contributed by atoms with van der Waals surface area (Å²) in [5.41, 5.74) is 1.28. The quantitative estimate of drug-likeness (QED) is 0.782. The van der Waals surface area contributed by atoms with E-state index < -0.39 is 12.6 Å². The molecule has 0 spiro atoms. The Morgan fingerprint density at radius 2 is 2.05 bits per heavy atom. The van der Waals surface area contributed by atoms with Crippen molar-refractivity contribution in [1.82, 2.24) is 4.90 Å². The summed E-state index contributed by atoms with van der Waals surface area (Å²) in [5, 5.41) is 11.3. The Hall–Kier alpha value is -2.50. The SMILES string of the molecule is C=C(C)CN(C)C(=O)Nc1ccccc1OCC(=O)O. The number of rotatable bonds is 6. The maximum atomic E-state index is 11.9. The third-order valence-corrected chi connectivity index (χ3v) is 2.33. The van der Waals surface area contributed by atoms with Crippen LogP contribution in [0.25, 0.3) is 0 Å². The molecule has 2 amide bonds. The van der Waals surface area contributed by atoms with Crippen LogP contribution >= 0.6 is 0 Å². The molecule has 6 heteroatoms. The van der Waals surface area contributed by atoms with Gasteiger partial charge in [-0.15, -0.1) is 0 Å². The molecule has 0 unspecified atom stereocenters. The molecule has 0 atom stereocenters. The fraction of sp³-hybridized carbons (Fsp3) is 0.286. The van der Waals surface area contributed by atoms with E-state index in [0.717, 1.165) is 5.57 Å². The standard InChI is InChI=1S/C14H18N2O4/c1-10(2)8-16(3)14(19)15-11-6-4-5-7-12(11)20-9-13(17)18/h4-7H,1,8-9H2,2-3H3,(H,15,19)(H,17,18). The second-order valence-corrected chi connectivity index (χ2v) is 4.42. The Bertz CT molecular complexity index is 514. The zero-order valence-corrected chi connectivity index (χ0v) is 11.5. The Morgan fingerprint density at radius 3 is 2.65 bits per heavy atom. The van der Waals surface area contributed by atoms with Crippen LogP contribution in [0.2, 0.25) is 0 Å². The molecule has 1 aromatic carbocycles. The van der Waals surface area contributed by atoms with E-state index in [1.165, 1.54) is 4.90 Å². The number of amides is 2. The number of likely N-dealkylation sites (N-methyl/N-ethyl adjacent to an activating group) is 1. The monoisotopic (exact) mass is 278 g/mol. The average molecular weight is 278 g/mol. The number of hydrogen-bond acceptors (Lipinski definition) is 3. The lowest BCUT2D eigenvalue weighted by Gasteiger charge is -2.19. The van der Waals surface area contributed by atoms with Gasteiger partial charge in [-0.3, -0.25) is 0 Å². The van der Waals surface area contributed by atoms with Crippen molar-refractivity contribution >= 4 is 17.7 Å². The number of nitrogens with one attached hydrogen (secondary N) is 1. The van der Waals surface area contributed by atoms with Gasteiger partial charge in [-0.2, -0.15) is 0 Å². The van der Waals surface area contributed by atoms with E-state index in [1.54, 1.807) is 31.3 Å². The third-order valence-electron chi connectivity index (χ3n) is 2.33. The van der Waals surface area contributed by atoms with Crippen molar-refractivity contribution in [3.63, 3.8) is 0 Å². The zero-order valence-electron chi connectivity index (χ0n) is 11.5. The van der Waals surface area contributed by atoms with Crippen LogP contribution in [0.4, 0.5) is 10.5 Å². The van der Waals surface area contributed by atoms with Crippen LogP contribution in [-0.4, -0.2) is 42.2 Å². The highest BCUT2D eigenvalue weighted by Gasteiger charge is 2.12. The molecule has 0 saturated carbocycles. The van der Waals surface area contributed by atoms with Gasteiger partial charge in [0.2, 0.25) is 0 Å². The number of anilines is 1. The molecule has 2 N–H and O–H groups in total. The molecule has 6 nitrogen and oxygen atoms in total. The van der Waals surface area contributed by atoms with Crippen LogP contribution in [0.1, 0.15) is 6.92 Å². The smallest absolute Gasteiger partial charge is 0.341 e. The largest absolute Gasteiger partial charge is 0.480 e. The second kappa shape index (κ2) is 7.18. The van der Waals surface area contributed by atoms with Gasteiger partial charge in [-0.1, -0.05) is 24.3 Å². The zero-order chi connectivity index (χ0) is 15.1. The number of carboxylic acids is 1. The minimum atomic E-state index is -1.08. The summed E-state index contributed by atoms with van der Waals surface area (Å²) < 4.78 is 5.11. The number of ether oxygens (including phenoxy) is 1. The van der Waals surface area contributed by atoms with Crippen LogP contribution in [-0.2, 0) is 4.79 Å². The molecular formula is C14H18N2O4. The molecule has 0 aliphatic rings. The predicted octanol–water partition coefficient (Wildman–Crippen LogP) is 2.19. The Morgan fingerprint density at radius 1 is 1.40 bits per heavy atom. The summed E-state index contributed by atoms with van der Waals surface area (Å²) in [6, 6.07) is 6.34. The van der Waals surface area contributed by atoms with Gasteiger partial charge in [0.25, 0.3) is 0 Å². The number of benzene rings is 1. The molecule has 0 bridgehead atoms. The number of carbonyl (C=O) groups excluding carboxylic acids is 1. The first-order valence-corrected chi connectivity index (χ1v) is 6.00. The van der Waals surface area contributed by atoms with Crippen molar-refractivity contribution in [2.45, 2.75) is 6.92 Å². The second-order valence-electron chi connectivity index (χ2n) is 4.42. The number of urea groups is 1. The minimum absolute atomic E-state index is 0.312. The Kier molecular flexibility index (Phi) is 5.58. The van der Waals surface area contributed by atoms with Crippen molar-refractivity contribution in [2.75, 3.05) is 25.5 Å². The molecule has 0 fully saturated rings. The molecule has 0 radical (unpaired) electrons. The molecule has 0 aromatic heterocycles. The van der Waals surface area contributed by atoms with Crippen LogP contribution in [0.5, 0.6) is 5.75 Å². The van der Waals surface area contributed by atoms with Gasteiger partial charge in [0.05, 0.1) is 5.69 Å². The van der Waals surface area contributed by atoms with Crippen LogP contribution in [0, 0.1) is 0 Å². The topological polar surface area (TPSA) is 78.9 Å². The van der Waals surface area contributed by atoms with Crippen molar-refractivity contribution in [3.05, 3.63) is 36.4 Å². The molecule has 1 rings (SSSR count). The number of aliphatic carboxylic acids is 1. The molecular weight excluding hydrogens is 260 g/mol.